The van der Waals surface area contributed by atoms with Gasteiger partial charge in [-0.2, -0.15) is 0 Å². The van der Waals surface area contributed by atoms with Crippen LogP contribution in [-0.2, 0) is 0 Å². The van der Waals surface area contributed by atoms with Gasteiger partial charge in [0, 0.05) is 0 Å². The van der Waals surface area contributed by atoms with E-state index in [9.17, 15) is 0 Å². The van der Waals surface area contributed by atoms with Gasteiger partial charge in [-0.25, -0.2) is 0 Å². The van der Waals surface area contributed by atoms with E-state index >= 15 is 0 Å². The Balaban J connectivity index is 2.43. The zero-order chi connectivity index (χ0) is 7.68. The molecule has 0 unspecified atom stereocenters. The fraction of sp³-hybridized carbons (Fsp3) is 0.222. The summed E-state index contributed by atoms with van der Waals surface area (Å²) in [5, 5.41) is 0. The van der Waals surface area contributed by atoms with Crippen LogP contribution >= 0.6 is 0 Å². The number of benzene rings is 1. The van der Waals surface area contributed by atoms with E-state index in [4.69, 9.17) is 9.47 Å². The summed E-state index contributed by atoms with van der Waals surface area (Å²) < 4.78 is 10.6. The predicted molar refractivity (Wildman–Crippen MR) is 41.6 cm³/mol. The molecule has 0 saturated heterocycles. The molecule has 0 N–H and O–H groups in total. The average molecular weight is 149 g/mol. The summed E-state index contributed by atoms with van der Waals surface area (Å²) in [7, 11) is 0. The predicted octanol–water partition coefficient (Wildman–Crippen LogP) is 1.93. The van der Waals surface area contributed by atoms with Crippen molar-refractivity contribution in [2.45, 2.75) is 6.92 Å². The molecule has 1 aromatic carbocycles. The van der Waals surface area contributed by atoms with Crippen LogP contribution < -0.4 is 9.47 Å². The summed E-state index contributed by atoms with van der Waals surface area (Å²) in [6.45, 7) is 4.22. The van der Waals surface area contributed by atoms with E-state index in [1.807, 2.05) is 25.1 Å². The standard InChI is InChI=1S/C9H9O2/c1-7-2-3-8-9(6-7)11-5-4-10-8/h2-3,5-6H,4H2,1H3. The minimum atomic E-state index is 0.538. The highest BCUT2D eigenvalue weighted by Gasteiger charge is 2.10. The van der Waals surface area contributed by atoms with Crippen molar-refractivity contribution in [3.05, 3.63) is 30.4 Å². The van der Waals surface area contributed by atoms with Crippen LogP contribution in [0.4, 0.5) is 0 Å². The van der Waals surface area contributed by atoms with E-state index in [0.717, 1.165) is 11.5 Å². The Hall–Kier alpha value is -1.18. The molecule has 0 fully saturated rings. The topological polar surface area (TPSA) is 18.5 Å². The Bertz CT molecular complexity index is 268. The lowest BCUT2D eigenvalue weighted by Gasteiger charge is -2.17. The number of aryl methyl sites for hydroxylation is 1. The van der Waals surface area contributed by atoms with Crippen molar-refractivity contribution in [2.24, 2.45) is 0 Å². The first-order valence-electron chi connectivity index (χ1n) is 3.58. The molecule has 2 rings (SSSR count). The van der Waals surface area contributed by atoms with Gasteiger partial charge in [-0.1, -0.05) is 6.07 Å². The van der Waals surface area contributed by atoms with E-state index in [0.29, 0.717) is 6.61 Å². The Labute approximate surface area is 65.7 Å². The second kappa shape index (κ2) is 2.46. The maximum Gasteiger partial charge on any atom is 0.173 e. The molecule has 0 aliphatic carbocycles. The largest absolute Gasteiger partial charge is 0.486 e. The second-order valence-electron chi connectivity index (χ2n) is 2.55. The highest BCUT2D eigenvalue weighted by molar-refractivity contribution is 5.43. The number of hydrogen-bond acceptors (Lipinski definition) is 2. The molecule has 0 saturated carbocycles. The van der Waals surface area contributed by atoms with E-state index in [1.165, 1.54) is 5.56 Å². The molecule has 0 aromatic heterocycles. The maximum atomic E-state index is 5.30. The van der Waals surface area contributed by atoms with Gasteiger partial charge >= 0.3 is 0 Å². The summed E-state index contributed by atoms with van der Waals surface area (Å²) in [5.41, 5.74) is 1.18. The fourth-order valence-electron chi connectivity index (χ4n) is 1.07. The van der Waals surface area contributed by atoms with Crippen molar-refractivity contribution in [1.82, 2.24) is 0 Å². The lowest BCUT2D eigenvalue weighted by Crippen LogP contribution is -2.09. The number of ether oxygens (including phenoxy) is 2. The minimum Gasteiger partial charge on any atom is -0.486 e. The molecule has 0 atom stereocenters. The van der Waals surface area contributed by atoms with Crippen molar-refractivity contribution in [3.63, 3.8) is 0 Å². The van der Waals surface area contributed by atoms with Crippen LogP contribution in [0.2, 0.25) is 0 Å². The molecule has 57 valence electrons. The van der Waals surface area contributed by atoms with Crippen LogP contribution in [0, 0.1) is 13.5 Å². The second-order valence-corrected chi connectivity index (χ2v) is 2.55. The molecule has 1 heterocycles. The first-order valence-corrected chi connectivity index (χ1v) is 3.58. The van der Waals surface area contributed by atoms with E-state index in [1.54, 1.807) is 6.61 Å². The van der Waals surface area contributed by atoms with Crippen LogP contribution in [0.3, 0.4) is 0 Å². The van der Waals surface area contributed by atoms with Crippen LogP contribution in [0.15, 0.2) is 18.2 Å². The quantitative estimate of drug-likeness (QED) is 0.561. The lowest BCUT2D eigenvalue weighted by atomic mass is 10.2. The number of rotatable bonds is 0. The third-order valence-electron chi connectivity index (χ3n) is 1.62. The molecular formula is C9H9O2. The highest BCUT2D eigenvalue weighted by Crippen LogP contribution is 2.31. The lowest BCUT2D eigenvalue weighted by molar-refractivity contribution is 0.223. The smallest absolute Gasteiger partial charge is 0.173 e. The van der Waals surface area contributed by atoms with E-state index in [2.05, 4.69) is 0 Å². The van der Waals surface area contributed by atoms with Crippen molar-refractivity contribution >= 4 is 0 Å². The molecule has 1 radical (unpaired) electrons. The molecule has 0 spiro atoms. The number of fused-ring (bicyclic) bond motifs is 1. The monoisotopic (exact) mass is 149 g/mol. The fourth-order valence-corrected chi connectivity index (χ4v) is 1.07. The van der Waals surface area contributed by atoms with Crippen LogP contribution in [-0.4, -0.2) is 6.61 Å². The van der Waals surface area contributed by atoms with Gasteiger partial charge in [0.2, 0.25) is 0 Å². The Morgan fingerprint density at radius 2 is 2.18 bits per heavy atom. The molecular weight excluding hydrogens is 140 g/mol. The van der Waals surface area contributed by atoms with E-state index in [-0.39, 0.29) is 0 Å². The zero-order valence-electron chi connectivity index (χ0n) is 6.33. The summed E-state index contributed by atoms with van der Waals surface area (Å²) in [5.74, 6) is 1.65. The SMILES string of the molecule is Cc1ccc2c(c1)O[CH]CO2. The summed E-state index contributed by atoms with van der Waals surface area (Å²) in [6.07, 6.45) is 0. The molecule has 11 heavy (non-hydrogen) atoms. The van der Waals surface area contributed by atoms with Crippen molar-refractivity contribution in [3.8, 4) is 11.5 Å². The Kier molecular flexibility index (Phi) is 1.46. The van der Waals surface area contributed by atoms with Gasteiger partial charge in [0.05, 0.1) is 0 Å². The number of hydrogen-bond donors (Lipinski definition) is 0. The maximum absolute atomic E-state index is 5.30. The van der Waals surface area contributed by atoms with Gasteiger partial charge in [0.15, 0.2) is 18.1 Å². The molecule has 1 aromatic rings. The molecule has 2 heteroatoms. The first kappa shape index (κ1) is 6.53. The van der Waals surface area contributed by atoms with Gasteiger partial charge in [-0.05, 0) is 24.6 Å². The van der Waals surface area contributed by atoms with Gasteiger partial charge < -0.3 is 9.47 Å². The Morgan fingerprint density at radius 1 is 1.27 bits per heavy atom. The molecule has 1 aliphatic rings. The molecule has 0 bridgehead atoms. The van der Waals surface area contributed by atoms with Gasteiger partial charge in [-0.3, -0.25) is 0 Å². The third-order valence-corrected chi connectivity index (χ3v) is 1.62. The molecule has 0 amide bonds. The van der Waals surface area contributed by atoms with Gasteiger partial charge in [-0.15, -0.1) is 0 Å². The summed E-state index contributed by atoms with van der Waals surface area (Å²) in [6, 6.07) is 5.90. The van der Waals surface area contributed by atoms with Crippen molar-refractivity contribution < 1.29 is 9.47 Å². The Morgan fingerprint density at radius 3 is 3.09 bits per heavy atom. The molecule has 1 aliphatic heterocycles. The summed E-state index contributed by atoms with van der Waals surface area (Å²) in [4.78, 5) is 0. The normalized spacial score (nSPS) is 14.6. The minimum absolute atomic E-state index is 0.538. The van der Waals surface area contributed by atoms with Crippen LogP contribution in [0.5, 0.6) is 11.5 Å². The van der Waals surface area contributed by atoms with Crippen LogP contribution in [0.1, 0.15) is 5.56 Å². The van der Waals surface area contributed by atoms with Gasteiger partial charge in [0.1, 0.15) is 6.61 Å². The van der Waals surface area contributed by atoms with Gasteiger partial charge in [0.25, 0.3) is 0 Å². The summed E-state index contributed by atoms with van der Waals surface area (Å²) >= 11 is 0. The average Bonchev–Trinajstić information content (AvgIpc) is 2.04. The van der Waals surface area contributed by atoms with Crippen molar-refractivity contribution in [1.29, 1.82) is 0 Å². The molecule has 2 nitrogen and oxygen atoms in total. The third kappa shape index (κ3) is 1.16. The van der Waals surface area contributed by atoms with E-state index < -0.39 is 0 Å². The first-order chi connectivity index (χ1) is 5.36. The zero-order valence-corrected chi connectivity index (χ0v) is 6.33. The van der Waals surface area contributed by atoms with Crippen LogP contribution in [0.25, 0.3) is 0 Å². The van der Waals surface area contributed by atoms with Crippen molar-refractivity contribution in [2.75, 3.05) is 6.61 Å². The highest BCUT2D eigenvalue weighted by atomic mass is 16.6.